The van der Waals surface area contributed by atoms with Gasteiger partial charge in [-0.05, 0) is 74.4 Å². The van der Waals surface area contributed by atoms with E-state index >= 15 is 0 Å². The summed E-state index contributed by atoms with van der Waals surface area (Å²) < 4.78 is 5.35. The Kier molecular flexibility index (Phi) is 9.69. The van der Waals surface area contributed by atoms with Gasteiger partial charge in [0.2, 0.25) is 0 Å². The van der Waals surface area contributed by atoms with Gasteiger partial charge in [0, 0.05) is 35.7 Å². The van der Waals surface area contributed by atoms with E-state index in [-0.39, 0.29) is 11.8 Å². The number of aliphatic hydroxyl groups excluding tert-OH is 1. The molecule has 1 aromatic heterocycles. The summed E-state index contributed by atoms with van der Waals surface area (Å²) in [5.74, 6) is 0.849. The number of benzene rings is 1. The molecule has 1 aliphatic carbocycles. The number of hydrogen-bond acceptors (Lipinski definition) is 6. The minimum absolute atomic E-state index is 0.0931. The number of methoxy groups -OCH3 is 1. The van der Waals surface area contributed by atoms with Gasteiger partial charge >= 0.3 is 5.97 Å². The minimum Gasteiger partial charge on any atom is -0.497 e. The summed E-state index contributed by atoms with van der Waals surface area (Å²) in [6.45, 7) is 2.55. The van der Waals surface area contributed by atoms with Crippen molar-refractivity contribution in [2.45, 2.75) is 69.1 Å². The number of carbonyl (C=O) groups is 1. The van der Waals surface area contributed by atoms with Gasteiger partial charge in [0.1, 0.15) is 5.75 Å². The number of ether oxygens (including phenoxy) is 1. The molecule has 1 saturated heterocycles. The number of rotatable bonds is 10. The molecule has 2 aromatic rings. The zero-order valence-corrected chi connectivity index (χ0v) is 21.7. The molecule has 2 N–H and O–H groups in total. The fraction of sp³-hybridized carbons (Fsp3) is 0.643. The van der Waals surface area contributed by atoms with Crippen LogP contribution in [0.15, 0.2) is 30.5 Å². The second-order valence-corrected chi connectivity index (χ2v) is 11.6. The Morgan fingerprint density at radius 2 is 2.00 bits per heavy atom. The van der Waals surface area contributed by atoms with Gasteiger partial charge in [0.15, 0.2) is 0 Å². The number of piperidine rings is 1. The van der Waals surface area contributed by atoms with Gasteiger partial charge in [-0.1, -0.05) is 25.7 Å². The second-order valence-electron chi connectivity index (χ2n) is 10.2. The highest BCUT2D eigenvalue weighted by Crippen LogP contribution is 2.34. The first kappa shape index (κ1) is 26.2. The van der Waals surface area contributed by atoms with E-state index in [2.05, 4.69) is 21.6 Å². The van der Waals surface area contributed by atoms with Crippen LogP contribution in [0.4, 0.5) is 0 Å². The summed E-state index contributed by atoms with van der Waals surface area (Å²) in [5.41, 5.74) is 1.65. The number of pyridine rings is 1. The third kappa shape index (κ3) is 7.11. The predicted octanol–water partition coefficient (Wildman–Crippen LogP) is 5.54. The number of likely N-dealkylation sites (tertiary alicyclic amines) is 1. The number of carboxylic acids is 1. The molecule has 1 saturated carbocycles. The van der Waals surface area contributed by atoms with Crippen molar-refractivity contribution < 1.29 is 19.7 Å². The molecule has 192 valence electrons. The highest BCUT2D eigenvalue weighted by molar-refractivity contribution is 7.99. The third-order valence-corrected chi connectivity index (χ3v) is 9.23. The summed E-state index contributed by atoms with van der Waals surface area (Å²) in [7, 11) is 1.63. The molecule has 1 aromatic carbocycles. The average molecular weight is 501 g/mol. The van der Waals surface area contributed by atoms with E-state index in [0.29, 0.717) is 19.4 Å². The summed E-state index contributed by atoms with van der Waals surface area (Å²) >= 11 is 2.09. The van der Waals surface area contributed by atoms with Crippen molar-refractivity contribution in [3.8, 4) is 5.75 Å². The molecule has 6 nitrogen and oxygen atoms in total. The first-order chi connectivity index (χ1) is 17.0. The molecule has 7 heteroatoms. The Bertz CT molecular complexity index is 963. The Morgan fingerprint density at radius 1 is 1.20 bits per heavy atom. The summed E-state index contributed by atoms with van der Waals surface area (Å²) in [4.78, 5) is 18.9. The molecule has 0 bridgehead atoms. The van der Waals surface area contributed by atoms with Crippen LogP contribution in [0.5, 0.6) is 5.75 Å². The van der Waals surface area contributed by atoms with Crippen molar-refractivity contribution in [2.75, 3.05) is 32.5 Å². The van der Waals surface area contributed by atoms with Crippen molar-refractivity contribution in [1.29, 1.82) is 0 Å². The van der Waals surface area contributed by atoms with Crippen LogP contribution in [0.3, 0.4) is 0 Å². The quantitative estimate of drug-likeness (QED) is 0.415. The summed E-state index contributed by atoms with van der Waals surface area (Å²) in [6, 6.07) is 7.53. The van der Waals surface area contributed by atoms with Crippen LogP contribution < -0.4 is 4.74 Å². The lowest BCUT2D eigenvalue weighted by Crippen LogP contribution is -2.44. The SMILES string of the molecule is COc1ccc2nccc(C(O)CCC3CCN(CCSC4CCCCCC4)CC3C(=O)O)c2c1. The summed E-state index contributed by atoms with van der Waals surface area (Å²) in [6.07, 6.45) is 11.4. The Labute approximate surface area is 213 Å². The second kappa shape index (κ2) is 12.9. The maximum atomic E-state index is 12.1. The predicted molar refractivity (Wildman–Crippen MR) is 142 cm³/mol. The largest absolute Gasteiger partial charge is 0.497 e. The van der Waals surface area contributed by atoms with Crippen molar-refractivity contribution in [2.24, 2.45) is 11.8 Å². The lowest BCUT2D eigenvalue weighted by atomic mass is 9.81. The van der Waals surface area contributed by atoms with Crippen LogP contribution in [-0.2, 0) is 4.79 Å². The van der Waals surface area contributed by atoms with Crippen molar-refractivity contribution >= 4 is 28.6 Å². The van der Waals surface area contributed by atoms with E-state index in [1.54, 1.807) is 13.3 Å². The molecule has 2 fully saturated rings. The molecular formula is C28H40N2O4S. The summed E-state index contributed by atoms with van der Waals surface area (Å²) in [5, 5.41) is 22.6. The fourth-order valence-electron chi connectivity index (χ4n) is 5.75. The molecule has 2 heterocycles. The molecule has 3 unspecified atom stereocenters. The number of thioether (sulfide) groups is 1. The van der Waals surface area contributed by atoms with E-state index < -0.39 is 12.1 Å². The molecule has 0 spiro atoms. The van der Waals surface area contributed by atoms with Crippen LogP contribution in [0.1, 0.15) is 69.5 Å². The zero-order chi connectivity index (χ0) is 24.6. The molecule has 4 rings (SSSR count). The van der Waals surface area contributed by atoms with Gasteiger partial charge in [-0.3, -0.25) is 9.78 Å². The lowest BCUT2D eigenvalue weighted by molar-refractivity contribution is -0.146. The number of aliphatic hydroxyl groups is 1. The first-order valence-electron chi connectivity index (χ1n) is 13.2. The Balaban J connectivity index is 1.30. The number of carboxylic acid groups (broad SMARTS) is 1. The fourth-order valence-corrected chi connectivity index (χ4v) is 7.11. The van der Waals surface area contributed by atoms with Gasteiger partial charge in [-0.2, -0.15) is 11.8 Å². The topological polar surface area (TPSA) is 82.9 Å². The Hall–Kier alpha value is -1.83. The smallest absolute Gasteiger partial charge is 0.308 e. The third-order valence-electron chi connectivity index (χ3n) is 7.87. The minimum atomic E-state index is -0.704. The first-order valence-corrected chi connectivity index (χ1v) is 14.3. The highest BCUT2D eigenvalue weighted by Gasteiger charge is 2.34. The van der Waals surface area contributed by atoms with Gasteiger partial charge in [-0.15, -0.1) is 0 Å². The van der Waals surface area contributed by atoms with E-state index in [4.69, 9.17) is 4.74 Å². The van der Waals surface area contributed by atoms with Gasteiger partial charge in [0.25, 0.3) is 0 Å². The van der Waals surface area contributed by atoms with Gasteiger partial charge in [0.05, 0.1) is 24.6 Å². The molecular weight excluding hydrogens is 460 g/mol. The standard InChI is InChI=1S/C28H40N2O4S/c1-34-21-9-10-26-24(18-21)23(12-14-29-26)27(31)11-8-20-13-15-30(19-25(20)28(32)33)16-17-35-22-6-4-2-3-5-7-22/h9-10,12,14,18,20,22,25,27,31H,2-8,11,13,15-17,19H2,1H3,(H,32,33). The van der Waals surface area contributed by atoms with Crippen LogP contribution in [0.2, 0.25) is 0 Å². The maximum Gasteiger partial charge on any atom is 0.308 e. The molecule has 0 amide bonds. The molecule has 0 radical (unpaired) electrons. The zero-order valence-electron chi connectivity index (χ0n) is 20.9. The van der Waals surface area contributed by atoms with Gasteiger partial charge < -0.3 is 19.8 Å². The van der Waals surface area contributed by atoms with Crippen molar-refractivity contribution in [3.05, 3.63) is 36.0 Å². The molecule has 35 heavy (non-hydrogen) atoms. The average Bonchev–Trinajstić information content (AvgIpc) is 3.15. The highest BCUT2D eigenvalue weighted by atomic mass is 32.2. The molecule has 3 atom stereocenters. The normalized spacial score (nSPS) is 23.1. The van der Waals surface area contributed by atoms with Crippen molar-refractivity contribution in [1.82, 2.24) is 9.88 Å². The number of aromatic nitrogens is 1. The molecule has 1 aliphatic heterocycles. The van der Waals surface area contributed by atoms with E-state index in [1.807, 2.05) is 24.3 Å². The Morgan fingerprint density at radius 3 is 2.74 bits per heavy atom. The lowest BCUT2D eigenvalue weighted by Gasteiger charge is -2.37. The molecule has 2 aliphatic rings. The van der Waals surface area contributed by atoms with Crippen LogP contribution in [-0.4, -0.2) is 63.8 Å². The van der Waals surface area contributed by atoms with E-state index in [9.17, 15) is 15.0 Å². The van der Waals surface area contributed by atoms with E-state index in [1.165, 1.54) is 38.5 Å². The van der Waals surface area contributed by atoms with Crippen LogP contribution in [0, 0.1) is 11.8 Å². The maximum absolute atomic E-state index is 12.1. The van der Waals surface area contributed by atoms with Crippen molar-refractivity contribution in [3.63, 3.8) is 0 Å². The van der Waals surface area contributed by atoms with Crippen LogP contribution in [0.25, 0.3) is 10.9 Å². The number of nitrogens with zero attached hydrogens (tertiary/aromatic N) is 2. The van der Waals surface area contributed by atoms with Gasteiger partial charge in [-0.25, -0.2) is 0 Å². The van der Waals surface area contributed by atoms with E-state index in [0.717, 1.165) is 52.7 Å². The number of fused-ring (bicyclic) bond motifs is 1. The van der Waals surface area contributed by atoms with Crippen LogP contribution >= 0.6 is 11.8 Å². The monoisotopic (exact) mass is 500 g/mol. The number of hydrogen-bond donors (Lipinski definition) is 2. The number of aliphatic carboxylic acids is 1.